The van der Waals surface area contributed by atoms with Crippen molar-refractivity contribution in [3.63, 3.8) is 0 Å². The smallest absolute Gasteiger partial charge is 0.276 e. The average Bonchev–Trinajstić information content (AvgIpc) is 3.45. The molecule has 9 heteroatoms. The molecule has 4 aromatic carbocycles. The van der Waals surface area contributed by atoms with E-state index in [0.29, 0.717) is 55.0 Å². The molecule has 5 aromatic rings. The third kappa shape index (κ3) is 4.91. The first kappa shape index (κ1) is 27.6. The predicted octanol–water partition coefficient (Wildman–Crippen LogP) is 7.51. The van der Waals surface area contributed by atoms with E-state index in [1.807, 2.05) is 42.5 Å². The Morgan fingerprint density at radius 2 is 1.67 bits per heavy atom. The number of carbonyl (C=O) groups excluding carboxylic acids is 1. The number of halogens is 2. The van der Waals surface area contributed by atoms with E-state index >= 15 is 0 Å². The zero-order valence-corrected chi connectivity index (χ0v) is 24.2. The van der Waals surface area contributed by atoms with Gasteiger partial charge < -0.3 is 14.5 Å². The molecule has 1 atom stereocenters. The fraction of sp³-hybridized carbons (Fsp3) is 0.121. The van der Waals surface area contributed by atoms with Crippen molar-refractivity contribution < 1.29 is 14.3 Å². The topological polar surface area (TPSA) is 84.0 Å². The summed E-state index contributed by atoms with van der Waals surface area (Å²) in [6.07, 6.45) is 0.231. The molecule has 42 heavy (non-hydrogen) atoms. The molecule has 6 rings (SSSR count). The number of carbonyl (C=O) groups is 1. The number of hydrazone groups is 1. The van der Waals surface area contributed by atoms with Gasteiger partial charge in [0.2, 0.25) is 0 Å². The van der Waals surface area contributed by atoms with Crippen LogP contribution in [0.15, 0.2) is 101 Å². The van der Waals surface area contributed by atoms with Gasteiger partial charge in [-0.15, -0.1) is 0 Å². The van der Waals surface area contributed by atoms with Crippen molar-refractivity contribution in [1.29, 1.82) is 0 Å². The second-order valence-corrected chi connectivity index (χ2v) is 10.6. The van der Waals surface area contributed by atoms with Crippen LogP contribution in [-0.4, -0.2) is 35.8 Å². The SMILES string of the molecule is COc1ccc(OC)c([C@@H]2CC(c3c(-c4ccccc4)c4cc(Cl)ccc4[nH]c3=O)=NN2C(=O)c2ccccc2Cl)c1. The molecule has 0 fully saturated rings. The molecule has 0 aliphatic carbocycles. The highest BCUT2D eigenvalue weighted by Crippen LogP contribution is 2.42. The van der Waals surface area contributed by atoms with E-state index in [0.717, 1.165) is 10.9 Å². The number of aromatic nitrogens is 1. The Morgan fingerprint density at radius 3 is 2.40 bits per heavy atom. The summed E-state index contributed by atoms with van der Waals surface area (Å²) in [6.45, 7) is 0. The van der Waals surface area contributed by atoms with E-state index in [1.165, 1.54) is 5.01 Å². The van der Waals surface area contributed by atoms with Crippen molar-refractivity contribution in [2.24, 2.45) is 5.10 Å². The molecule has 2 heterocycles. The second-order valence-electron chi connectivity index (χ2n) is 9.76. The minimum atomic E-state index is -0.619. The van der Waals surface area contributed by atoms with Crippen molar-refractivity contribution in [2.45, 2.75) is 12.5 Å². The number of pyridine rings is 1. The summed E-state index contributed by atoms with van der Waals surface area (Å²) in [4.78, 5) is 30.9. The fourth-order valence-electron chi connectivity index (χ4n) is 5.39. The predicted molar refractivity (Wildman–Crippen MR) is 166 cm³/mol. The molecule has 0 unspecified atom stereocenters. The lowest BCUT2D eigenvalue weighted by Crippen LogP contribution is -2.27. The molecule has 1 aromatic heterocycles. The number of fused-ring (bicyclic) bond motifs is 1. The van der Waals surface area contributed by atoms with Gasteiger partial charge in [0.05, 0.1) is 42.1 Å². The molecule has 0 bridgehead atoms. The molecular formula is C33H25Cl2N3O4. The van der Waals surface area contributed by atoms with Crippen LogP contribution < -0.4 is 15.0 Å². The second kappa shape index (κ2) is 11.4. The zero-order chi connectivity index (χ0) is 29.4. The lowest BCUT2D eigenvalue weighted by molar-refractivity contribution is 0.0709. The van der Waals surface area contributed by atoms with Gasteiger partial charge in [0.25, 0.3) is 11.5 Å². The van der Waals surface area contributed by atoms with E-state index in [4.69, 9.17) is 37.8 Å². The number of rotatable bonds is 6. The van der Waals surface area contributed by atoms with Gasteiger partial charge in [-0.25, -0.2) is 5.01 Å². The number of methoxy groups -OCH3 is 2. The summed E-state index contributed by atoms with van der Waals surface area (Å²) in [5.41, 5.74) is 3.57. The molecular weight excluding hydrogens is 573 g/mol. The molecule has 0 saturated carbocycles. The third-order valence-corrected chi connectivity index (χ3v) is 7.91. The number of ether oxygens (including phenoxy) is 2. The van der Waals surface area contributed by atoms with Crippen LogP contribution in [0.4, 0.5) is 0 Å². The van der Waals surface area contributed by atoms with Crippen LogP contribution in [0.25, 0.3) is 22.0 Å². The van der Waals surface area contributed by atoms with E-state index in [9.17, 15) is 9.59 Å². The third-order valence-electron chi connectivity index (χ3n) is 7.35. The van der Waals surface area contributed by atoms with Gasteiger partial charge in [-0.2, -0.15) is 5.10 Å². The number of H-pyrrole nitrogens is 1. The molecule has 1 N–H and O–H groups in total. The fourth-order valence-corrected chi connectivity index (χ4v) is 5.78. The first-order valence-corrected chi connectivity index (χ1v) is 13.9. The first-order valence-electron chi connectivity index (χ1n) is 13.2. The Bertz CT molecular complexity index is 1920. The number of nitrogens with zero attached hydrogens (tertiary/aromatic N) is 2. The first-order chi connectivity index (χ1) is 20.4. The highest BCUT2D eigenvalue weighted by atomic mass is 35.5. The lowest BCUT2D eigenvalue weighted by Gasteiger charge is -2.24. The molecule has 7 nitrogen and oxygen atoms in total. The molecule has 1 amide bonds. The van der Waals surface area contributed by atoms with Gasteiger partial charge in [0.15, 0.2) is 0 Å². The van der Waals surface area contributed by atoms with Crippen molar-refractivity contribution in [2.75, 3.05) is 14.2 Å². The number of amides is 1. The molecule has 210 valence electrons. The number of hydrogen-bond acceptors (Lipinski definition) is 5. The van der Waals surface area contributed by atoms with Crippen molar-refractivity contribution in [3.8, 4) is 22.6 Å². The Morgan fingerprint density at radius 1 is 0.905 bits per heavy atom. The average molecular weight is 598 g/mol. The molecule has 0 spiro atoms. The standard InChI is InChI=1S/C33H25Cl2N3O4/c1-41-21-13-15-29(42-2)24(17-21)28-18-27(37-38(28)33(40)22-10-6-7-11-25(22)35)31-30(19-8-4-3-5-9-19)23-16-20(34)12-14-26(23)36-32(31)39/h3-17,28H,18H2,1-2H3,(H,36,39)/t28-/m0/s1. The number of hydrogen-bond donors (Lipinski definition) is 1. The highest BCUT2D eigenvalue weighted by molar-refractivity contribution is 6.34. The molecule has 1 aliphatic rings. The van der Waals surface area contributed by atoms with Crippen LogP contribution in [0.3, 0.4) is 0 Å². The Hall–Kier alpha value is -4.59. The minimum absolute atomic E-state index is 0.231. The quantitative estimate of drug-likeness (QED) is 0.219. The van der Waals surface area contributed by atoms with Crippen LogP contribution >= 0.6 is 23.2 Å². The van der Waals surface area contributed by atoms with Gasteiger partial charge in [-0.3, -0.25) is 9.59 Å². The maximum atomic E-state index is 14.0. The Balaban J connectivity index is 1.60. The number of benzene rings is 4. The van der Waals surface area contributed by atoms with Crippen LogP contribution in [-0.2, 0) is 0 Å². The van der Waals surface area contributed by atoms with E-state index in [2.05, 4.69) is 4.98 Å². The van der Waals surface area contributed by atoms with Gasteiger partial charge >= 0.3 is 0 Å². The van der Waals surface area contributed by atoms with Gasteiger partial charge in [-0.1, -0.05) is 65.7 Å². The Labute approximate surface area is 251 Å². The largest absolute Gasteiger partial charge is 0.497 e. The summed E-state index contributed by atoms with van der Waals surface area (Å²) >= 11 is 12.9. The van der Waals surface area contributed by atoms with Gasteiger partial charge in [0, 0.05) is 33.5 Å². The van der Waals surface area contributed by atoms with Gasteiger partial charge in [-0.05, 0) is 54.1 Å². The van der Waals surface area contributed by atoms with Crippen molar-refractivity contribution in [1.82, 2.24) is 9.99 Å². The maximum Gasteiger partial charge on any atom is 0.276 e. The van der Waals surface area contributed by atoms with Crippen molar-refractivity contribution >= 4 is 45.7 Å². The van der Waals surface area contributed by atoms with E-state index in [1.54, 1.807) is 62.8 Å². The summed E-state index contributed by atoms with van der Waals surface area (Å²) < 4.78 is 11.2. The van der Waals surface area contributed by atoms with Crippen LogP contribution in [0.5, 0.6) is 11.5 Å². The summed E-state index contributed by atoms with van der Waals surface area (Å²) in [5, 5.41) is 7.80. The Kier molecular flexibility index (Phi) is 7.45. The highest BCUT2D eigenvalue weighted by Gasteiger charge is 2.38. The zero-order valence-electron chi connectivity index (χ0n) is 22.7. The molecule has 0 radical (unpaired) electrons. The van der Waals surface area contributed by atoms with Crippen LogP contribution in [0, 0.1) is 0 Å². The van der Waals surface area contributed by atoms with E-state index in [-0.39, 0.29) is 12.0 Å². The lowest BCUT2D eigenvalue weighted by atomic mass is 9.90. The molecule has 0 saturated heterocycles. The molecule has 1 aliphatic heterocycles. The minimum Gasteiger partial charge on any atom is -0.497 e. The summed E-state index contributed by atoms with van der Waals surface area (Å²) in [5.74, 6) is 0.733. The number of aromatic amines is 1. The summed E-state index contributed by atoms with van der Waals surface area (Å²) in [7, 11) is 3.13. The van der Waals surface area contributed by atoms with Gasteiger partial charge in [0.1, 0.15) is 11.5 Å². The number of nitrogens with one attached hydrogen (secondary N) is 1. The monoisotopic (exact) mass is 597 g/mol. The van der Waals surface area contributed by atoms with Crippen molar-refractivity contribution in [3.05, 3.63) is 128 Å². The van der Waals surface area contributed by atoms with Crippen LogP contribution in [0.1, 0.15) is 33.9 Å². The maximum absolute atomic E-state index is 14.0. The van der Waals surface area contributed by atoms with Crippen LogP contribution in [0.2, 0.25) is 10.0 Å². The summed E-state index contributed by atoms with van der Waals surface area (Å²) in [6, 6.07) is 26.5. The van der Waals surface area contributed by atoms with E-state index < -0.39 is 11.9 Å². The normalized spacial score (nSPS) is 14.6.